The molecule has 0 fully saturated rings. The van der Waals surface area contributed by atoms with Crippen LogP contribution in [0.2, 0.25) is 0 Å². The number of hydrogen-bond acceptors (Lipinski definition) is 3. The highest BCUT2D eigenvalue weighted by Gasteiger charge is 2.20. The Hall–Kier alpha value is -1.39. The van der Waals surface area contributed by atoms with Gasteiger partial charge in [0.1, 0.15) is 0 Å². The van der Waals surface area contributed by atoms with Crippen molar-refractivity contribution in [1.29, 1.82) is 0 Å². The van der Waals surface area contributed by atoms with E-state index in [1.54, 1.807) is 0 Å². The van der Waals surface area contributed by atoms with Gasteiger partial charge in [-0.2, -0.15) is 0 Å². The minimum atomic E-state index is -0.659. The minimum Gasteiger partial charge on any atom is -0.394 e. The first kappa shape index (κ1) is 73.6. The molecule has 0 radical (unpaired) electrons. The molecule has 75 heavy (non-hydrogen) atoms. The van der Waals surface area contributed by atoms with Crippen LogP contribution in [0.3, 0.4) is 0 Å². The summed E-state index contributed by atoms with van der Waals surface area (Å²) in [6.07, 6.45) is 92.0. The number of carbonyl (C=O) groups is 1. The molecular weight excluding hydrogens is 915 g/mol. The number of aliphatic hydroxyl groups is 2. The van der Waals surface area contributed by atoms with E-state index in [4.69, 9.17) is 0 Å². The molecule has 0 aliphatic rings. The number of nitrogens with one attached hydrogen (secondary N) is 1. The van der Waals surface area contributed by atoms with Gasteiger partial charge in [0.15, 0.2) is 0 Å². The summed E-state index contributed by atoms with van der Waals surface area (Å²) in [4.78, 5) is 12.6. The van der Waals surface area contributed by atoms with Crippen LogP contribution in [0.4, 0.5) is 0 Å². The summed E-state index contributed by atoms with van der Waals surface area (Å²) < 4.78 is 0. The lowest BCUT2D eigenvalue weighted by Gasteiger charge is -2.22. The Morgan fingerprint density at radius 2 is 0.547 bits per heavy atom. The van der Waals surface area contributed by atoms with Gasteiger partial charge in [0, 0.05) is 6.42 Å². The fourth-order valence-electron chi connectivity index (χ4n) is 11.1. The first-order chi connectivity index (χ1) is 37.2. The summed E-state index contributed by atoms with van der Waals surface area (Å²) in [5.74, 6) is -0.0223. The van der Waals surface area contributed by atoms with E-state index >= 15 is 0 Å². The number of aliphatic hydroxyl groups excluding tert-OH is 2. The fraction of sp³-hybridized carbons (Fsp3) is 0.901. The molecule has 3 N–H and O–H groups in total. The van der Waals surface area contributed by atoms with Gasteiger partial charge >= 0.3 is 0 Å². The molecular formula is C71H137NO3. The van der Waals surface area contributed by atoms with E-state index in [2.05, 4.69) is 55.6 Å². The Kier molecular flexibility index (Phi) is 65.6. The maximum absolute atomic E-state index is 12.6. The van der Waals surface area contributed by atoms with Gasteiger partial charge in [-0.05, 0) is 51.4 Å². The SMILES string of the molecule is CCCCCCC/C=C\C/C=C\C/C=C\CCCCCCCCCCCCCCCCCCCCCCCCCCC(=O)NC(CO)C(O)CCCCCCCCCCCCCCCCCCCCCCCCCC. The topological polar surface area (TPSA) is 69.6 Å². The Bertz CT molecular complexity index is 1150. The quantitative estimate of drug-likeness (QED) is 0.0420. The molecule has 1 amide bonds. The van der Waals surface area contributed by atoms with Crippen molar-refractivity contribution >= 4 is 5.91 Å². The average Bonchev–Trinajstić information content (AvgIpc) is 3.41. The number of rotatable bonds is 65. The van der Waals surface area contributed by atoms with E-state index < -0.39 is 12.1 Å². The lowest BCUT2D eigenvalue weighted by Crippen LogP contribution is -2.45. The van der Waals surface area contributed by atoms with E-state index in [0.717, 1.165) is 38.5 Å². The molecule has 0 bridgehead atoms. The number of allylic oxidation sites excluding steroid dienone is 6. The van der Waals surface area contributed by atoms with Crippen LogP contribution in [0.25, 0.3) is 0 Å². The van der Waals surface area contributed by atoms with Crippen LogP contribution in [0.5, 0.6) is 0 Å². The maximum atomic E-state index is 12.6. The second-order valence-corrected chi connectivity index (χ2v) is 24.0. The van der Waals surface area contributed by atoms with Gasteiger partial charge in [-0.25, -0.2) is 0 Å². The molecule has 4 nitrogen and oxygen atoms in total. The molecule has 0 spiro atoms. The van der Waals surface area contributed by atoms with E-state index in [-0.39, 0.29) is 12.5 Å². The van der Waals surface area contributed by atoms with Gasteiger partial charge in [0.25, 0.3) is 0 Å². The van der Waals surface area contributed by atoms with Crippen molar-refractivity contribution < 1.29 is 15.0 Å². The van der Waals surface area contributed by atoms with Gasteiger partial charge in [-0.1, -0.05) is 371 Å². The van der Waals surface area contributed by atoms with E-state index in [1.165, 1.54) is 327 Å². The standard InChI is InChI=1S/C71H137NO3/c1-3-5-7-9-11-13-15-17-19-21-23-25-27-29-30-31-32-33-34-35-36-37-38-39-40-41-42-43-45-47-49-51-53-55-57-59-61-63-65-67-71(75)72-69(68-73)70(74)66-64-62-60-58-56-54-52-50-48-46-44-28-26-24-22-20-18-16-14-12-10-8-6-4-2/h15,17,21,23,27,29,69-70,73-74H,3-14,16,18-20,22,24-26,28,30-68H2,1-2H3,(H,72,75)/b17-15-,23-21-,29-27-. The van der Waals surface area contributed by atoms with E-state index in [0.29, 0.717) is 12.8 Å². The third kappa shape index (κ3) is 63.3. The molecule has 4 heteroatoms. The third-order valence-corrected chi connectivity index (χ3v) is 16.4. The zero-order valence-corrected chi connectivity index (χ0v) is 51.3. The highest BCUT2D eigenvalue weighted by atomic mass is 16.3. The zero-order valence-electron chi connectivity index (χ0n) is 51.3. The van der Waals surface area contributed by atoms with Gasteiger partial charge in [-0.3, -0.25) is 4.79 Å². The van der Waals surface area contributed by atoms with Gasteiger partial charge in [0.05, 0.1) is 18.8 Å². The second kappa shape index (κ2) is 66.9. The molecule has 0 saturated heterocycles. The summed E-state index contributed by atoms with van der Waals surface area (Å²) in [7, 11) is 0. The van der Waals surface area contributed by atoms with Gasteiger partial charge in [-0.15, -0.1) is 0 Å². The molecule has 0 aliphatic carbocycles. The summed E-state index contributed by atoms with van der Waals surface area (Å²) >= 11 is 0. The van der Waals surface area contributed by atoms with Crippen LogP contribution < -0.4 is 5.32 Å². The largest absolute Gasteiger partial charge is 0.394 e. The molecule has 2 atom stereocenters. The van der Waals surface area contributed by atoms with Crippen LogP contribution in [0.1, 0.15) is 393 Å². The van der Waals surface area contributed by atoms with Crippen LogP contribution in [-0.2, 0) is 4.79 Å². The fourth-order valence-corrected chi connectivity index (χ4v) is 11.1. The average molecular weight is 1050 g/mol. The molecule has 0 aromatic heterocycles. The van der Waals surface area contributed by atoms with Crippen LogP contribution in [-0.4, -0.2) is 34.9 Å². The van der Waals surface area contributed by atoms with Crippen LogP contribution in [0.15, 0.2) is 36.5 Å². The Labute approximate surface area is 472 Å². The minimum absolute atomic E-state index is 0.0223. The Morgan fingerprint density at radius 1 is 0.320 bits per heavy atom. The lowest BCUT2D eigenvalue weighted by molar-refractivity contribution is -0.123. The highest BCUT2D eigenvalue weighted by molar-refractivity contribution is 5.76. The van der Waals surface area contributed by atoms with Crippen molar-refractivity contribution in [3.05, 3.63) is 36.5 Å². The molecule has 444 valence electrons. The molecule has 0 heterocycles. The van der Waals surface area contributed by atoms with Crippen molar-refractivity contribution in [2.75, 3.05) is 6.61 Å². The second-order valence-electron chi connectivity index (χ2n) is 24.0. The first-order valence-corrected chi connectivity index (χ1v) is 34.7. The predicted octanol–water partition coefficient (Wildman–Crippen LogP) is 23.5. The van der Waals surface area contributed by atoms with E-state index in [1.807, 2.05) is 0 Å². The van der Waals surface area contributed by atoms with Crippen LogP contribution >= 0.6 is 0 Å². The van der Waals surface area contributed by atoms with Crippen molar-refractivity contribution in [2.45, 2.75) is 405 Å². The Balaban J connectivity index is 3.38. The molecule has 2 unspecified atom stereocenters. The summed E-state index contributed by atoms with van der Waals surface area (Å²) in [5, 5.41) is 23.5. The zero-order chi connectivity index (χ0) is 54.1. The number of hydrogen-bond donors (Lipinski definition) is 3. The summed E-state index contributed by atoms with van der Waals surface area (Å²) in [5.41, 5.74) is 0. The normalized spacial score (nSPS) is 12.9. The van der Waals surface area contributed by atoms with Crippen molar-refractivity contribution in [1.82, 2.24) is 5.32 Å². The van der Waals surface area contributed by atoms with Crippen LogP contribution in [0, 0.1) is 0 Å². The monoisotopic (exact) mass is 1050 g/mol. The first-order valence-electron chi connectivity index (χ1n) is 34.7. The predicted molar refractivity (Wildman–Crippen MR) is 336 cm³/mol. The molecule has 0 aliphatic heterocycles. The smallest absolute Gasteiger partial charge is 0.220 e. The molecule has 0 aromatic rings. The highest BCUT2D eigenvalue weighted by Crippen LogP contribution is 2.19. The maximum Gasteiger partial charge on any atom is 0.220 e. The lowest BCUT2D eigenvalue weighted by atomic mass is 10.0. The van der Waals surface area contributed by atoms with Gasteiger partial charge in [0.2, 0.25) is 5.91 Å². The van der Waals surface area contributed by atoms with Crippen molar-refractivity contribution in [2.24, 2.45) is 0 Å². The van der Waals surface area contributed by atoms with Crippen molar-refractivity contribution in [3.63, 3.8) is 0 Å². The molecule has 0 rings (SSSR count). The van der Waals surface area contributed by atoms with E-state index in [9.17, 15) is 15.0 Å². The molecule has 0 saturated carbocycles. The van der Waals surface area contributed by atoms with Crippen molar-refractivity contribution in [3.8, 4) is 0 Å². The van der Waals surface area contributed by atoms with Gasteiger partial charge < -0.3 is 15.5 Å². The Morgan fingerprint density at radius 3 is 0.813 bits per heavy atom. The summed E-state index contributed by atoms with van der Waals surface area (Å²) in [6, 6.07) is -0.535. The third-order valence-electron chi connectivity index (χ3n) is 16.4. The number of carbonyl (C=O) groups excluding carboxylic acids is 1. The molecule has 0 aromatic carbocycles. The summed E-state index contributed by atoms with van der Waals surface area (Å²) in [6.45, 7) is 4.39. The number of unbranched alkanes of at least 4 members (excludes halogenated alkanes) is 52. The number of amides is 1.